The number of ether oxygens (including phenoxy) is 1. The number of rotatable bonds is 4. The van der Waals surface area contributed by atoms with Crippen LogP contribution in [0.1, 0.15) is 23.6 Å². The first-order valence-electron chi connectivity index (χ1n) is 10.6. The number of fused-ring (bicyclic) bond motifs is 1. The molecule has 4 rings (SSSR count). The van der Waals surface area contributed by atoms with Gasteiger partial charge in [0.05, 0.1) is 5.56 Å². The zero-order valence-electron chi connectivity index (χ0n) is 18.1. The van der Waals surface area contributed by atoms with Crippen molar-refractivity contribution in [1.82, 2.24) is 0 Å². The summed E-state index contributed by atoms with van der Waals surface area (Å²) in [6.45, 7) is 0.496. The van der Waals surface area contributed by atoms with Crippen LogP contribution in [0.2, 0.25) is 0 Å². The molecule has 4 aromatic rings. The largest absolute Gasteiger partial charge is 0.481 e. The molecule has 0 unspecified atom stereocenters. The summed E-state index contributed by atoms with van der Waals surface area (Å²) < 4.78 is 70.2. The molecule has 0 aromatic heterocycles. The second kappa shape index (κ2) is 9.56. The van der Waals surface area contributed by atoms with Crippen molar-refractivity contribution in [3.63, 3.8) is 0 Å². The van der Waals surface area contributed by atoms with Crippen molar-refractivity contribution in [2.45, 2.75) is 19.5 Å². The highest BCUT2D eigenvalue weighted by Gasteiger charge is 2.28. The predicted octanol–water partition coefficient (Wildman–Crippen LogP) is 7.69. The third-order valence-electron chi connectivity index (χ3n) is 5.31. The Kier molecular flexibility index (Phi) is 6.56. The van der Waals surface area contributed by atoms with E-state index in [4.69, 9.17) is 0 Å². The van der Waals surface area contributed by atoms with Crippen LogP contribution in [0.4, 0.5) is 22.0 Å². The van der Waals surface area contributed by atoms with Gasteiger partial charge < -0.3 is 4.74 Å². The summed E-state index contributed by atoms with van der Waals surface area (Å²) in [6, 6.07) is 20.3. The average molecular weight is 466 g/mol. The fraction of sp³-hybridized carbons (Fsp3) is 0.143. The Morgan fingerprint density at radius 1 is 0.794 bits per heavy atom. The summed E-state index contributed by atoms with van der Waals surface area (Å²) >= 11 is 0. The maximum atomic E-state index is 15.1. The van der Waals surface area contributed by atoms with Crippen molar-refractivity contribution in [3.8, 4) is 28.7 Å². The standard InChI is InChI=1S/C28H19F5O/c1-2-18-3-7-20(8-4-18)22-12-13-24-23(16-22)11-10-21(27(24)30)9-5-19-6-14-26(25(29)15-19)34-17-28(31,32)33/h3-4,6-8,10-16H,2,17H2,1H3. The van der Waals surface area contributed by atoms with E-state index in [1.165, 1.54) is 11.6 Å². The molecule has 0 bridgehead atoms. The van der Waals surface area contributed by atoms with Gasteiger partial charge >= 0.3 is 6.18 Å². The minimum absolute atomic E-state index is 0.130. The van der Waals surface area contributed by atoms with Gasteiger partial charge in [-0.1, -0.05) is 61.2 Å². The molecule has 4 aromatic carbocycles. The van der Waals surface area contributed by atoms with Crippen LogP contribution in [0.5, 0.6) is 5.75 Å². The lowest BCUT2D eigenvalue weighted by atomic mass is 9.98. The van der Waals surface area contributed by atoms with Gasteiger partial charge in [0.2, 0.25) is 0 Å². The normalized spacial score (nSPS) is 11.2. The maximum Gasteiger partial charge on any atom is 0.422 e. The van der Waals surface area contributed by atoms with E-state index in [1.807, 2.05) is 24.3 Å². The summed E-state index contributed by atoms with van der Waals surface area (Å²) in [7, 11) is 0. The van der Waals surface area contributed by atoms with Gasteiger partial charge in [0.25, 0.3) is 0 Å². The number of halogens is 5. The van der Waals surface area contributed by atoms with Gasteiger partial charge in [0.1, 0.15) is 5.82 Å². The number of alkyl halides is 3. The van der Waals surface area contributed by atoms with E-state index in [-0.39, 0.29) is 11.1 Å². The van der Waals surface area contributed by atoms with Crippen LogP contribution >= 0.6 is 0 Å². The van der Waals surface area contributed by atoms with E-state index < -0.39 is 30.2 Å². The van der Waals surface area contributed by atoms with Crippen LogP contribution in [0, 0.1) is 23.5 Å². The molecule has 0 spiro atoms. The second-order valence-corrected chi connectivity index (χ2v) is 7.71. The van der Waals surface area contributed by atoms with E-state index in [2.05, 4.69) is 35.6 Å². The number of hydrogen-bond donors (Lipinski definition) is 0. The Labute approximate surface area is 193 Å². The van der Waals surface area contributed by atoms with Gasteiger partial charge in [-0.2, -0.15) is 13.2 Å². The molecule has 0 saturated carbocycles. The fourth-order valence-electron chi connectivity index (χ4n) is 3.50. The highest BCUT2D eigenvalue weighted by Crippen LogP contribution is 2.28. The molecular weight excluding hydrogens is 447 g/mol. The van der Waals surface area contributed by atoms with Crippen LogP contribution in [0.3, 0.4) is 0 Å². The first-order valence-corrected chi connectivity index (χ1v) is 10.6. The summed E-state index contributed by atoms with van der Waals surface area (Å²) in [6.07, 6.45) is -3.62. The Morgan fingerprint density at radius 3 is 2.21 bits per heavy atom. The van der Waals surface area contributed by atoms with Crippen LogP contribution in [0.25, 0.3) is 21.9 Å². The average Bonchev–Trinajstić information content (AvgIpc) is 2.82. The molecule has 0 heterocycles. The first kappa shape index (κ1) is 23.3. The smallest absolute Gasteiger partial charge is 0.422 e. The van der Waals surface area contributed by atoms with Gasteiger partial charge in [0, 0.05) is 10.9 Å². The van der Waals surface area contributed by atoms with Crippen molar-refractivity contribution in [2.75, 3.05) is 6.61 Å². The monoisotopic (exact) mass is 466 g/mol. The Balaban J connectivity index is 1.57. The van der Waals surface area contributed by atoms with Crippen molar-refractivity contribution < 1.29 is 26.7 Å². The van der Waals surface area contributed by atoms with Crippen molar-refractivity contribution in [2.24, 2.45) is 0 Å². The molecule has 0 aliphatic heterocycles. The highest BCUT2D eigenvalue weighted by molar-refractivity contribution is 5.89. The molecule has 34 heavy (non-hydrogen) atoms. The molecule has 1 nitrogen and oxygen atoms in total. The Morgan fingerprint density at radius 2 is 1.53 bits per heavy atom. The van der Waals surface area contributed by atoms with Gasteiger partial charge in [-0.25, -0.2) is 8.78 Å². The van der Waals surface area contributed by atoms with Gasteiger partial charge in [0.15, 0.2) is 18.2 Å². The summed E-state index contributed by atoms with van der Waals surface area (Å²) in [5, 5.41) is 1.13. The van der Waals surface area contributed by atoms with Gasteiger partial charge in [-0.15, -0.1) is 0 Å². The topological polar surface area (TPSA) is 9.23 Å². The molecule has 0 radical (unpaired) electrons. The van der Waals surface area contributed by atoms with Gasteiger partial charge in [-0.05, 0) is 58.8 Å². The van der Waals surface area contributed by atoms with E-state index in [0.717, 1.165) is 35.1 Å². The summed E-state index contributed by atoms with van der Waals surface area (Å²) in [4.78, 5) is 0. The van der Waals surface area contributed by atoms with Gasteiger partial charge in [-0.3, -0.25) is 0 Å². The SMILES string of the molecule is CCc1ccc(-c2ccc3c(F)c(C#Cc4ccc(OCC(F)(F)F)c(F)c4)ccc3c2)cc1. The van der Waals surface area contributed by atoms with E-state index >= 15 is 4.39 Å². The molecule has 0 N–H and O–H groups in total. The molecule has 0 fully saturated rings. The summed E-state index contributed by atoms with van der Waals surface area (Å²) in [5.74, 6) is 3.32. The molecular formula is C28H19F5O. The summed E-state index contributed by atoms with van der Waals surface area (Å²) in [5.41, 5.74) is 3.56. The second-order valence-electron chi connectivity index (χ2n) is 7.71. The fourth-order valence-corrected chi connectivity index (χ4v) is 3.50. The molecule has 0 atom stereocenters. The number of benzene rings is 4. The van der Waals surface area contributed by atoms with Crippen molar-refractivity contribution in [1.29, 1.82) is 0 Å². The predicted molar refractivity (Wildman–Crippen MR) is 123 cm³/mol. The highest BCUT2D eigenvalue weighted by atomic mass is 19.4. The third kappa shape index (κ3) is 5.37. The Hall–Kier alpha value is -3.85. The minimum Gasteiger partial charge on any atom is -0.481 e. The molecule has 0 saturated heterocycles. The van der Waals surface area contributed by atoms with Crippen molar-refractivity contribution in [3.05, 3.63) is 101 Å². The van der Waals surface area contributed by atoms with Crippen LogP contribution in [-0.4, -0.2) is 12.8 Å². The maximum absolute atomic E-state index is 15.1. The van der Waals surface area contributed by atoms with Crippen LogP contribution in [-0.2, 0) is 6.42 Å². The zero-order valence-corrected chi connectivity index (χ0v) is 18.1. The lowest BCUT2D eigenvalue weighted by Gasteiger charge is -2.09. The van der Waals surface area contributed by atoms with Crippen LogP contribution in [0.15, 0.2) is 72.8 Å². The molecule has 0 aliphatic carbocycles. The molecule has 6 heteroatoms. The molecule has 172 valence electrons. The number of hydrogen-bond acceptors (Lipinski definition) is 1. The van der Waals surface area contributed by atoms with Crippen molar-refractivity contribution >= 4 is 10.8 Å². The van der Waals surface area contributed by atoms with E-state index in [1.54, 1.807) is 18.2 Å². The number of aryl methyl sites for hydroxylation is 1. The Bertz CT molecular complexity index is 1390. The lowest BCUT2D eigenvalue weighted by molar-refractivity contribution is -0.153. The van der Waals surface area contributed by atoms with E-state index in [0.29, 0.717) is 5.39 Å². The quantitative estimate of drug-likeness (QED) is 0.221. The zero-order chi connectivity index (χ0) is 24.3. The lowest BCUT2D eigenvalue weighted by Crippen LogP contribution is -2.19. The van der Waals surface area contributed by atoms with Crippen LogP contribution < -0.4 is 4.74 Å². The molecule has 0 aliphatic rings. The minimum atomic E-state index is -4.57. The van der Waals surface area contributed by atoms with E-state index in [9.17, 15) is 17.6 Å². The molecule has 0 amide bonds. The third-order valence-corrected chi connectivity index (χ3v) is 5.31. The first-order chi connectivity index (χ1) is 16.2.